The molecule has 0 atom stereocenters. The van der Waals surface area contributed by atoms with Crippen LogP contribution in [0.15, 0.2) is 30.3 Å². The predicted octanol–water partition coefficient (Wildman–Crippen LogP) is -0.779. The van der Waals surface area contributed by atoms with Gasteiger partial charge in [-0.15, -0.1) is 0 Å². The Morgan fingerprint density at radius 2 is 1.42 bits per heavy atom. The zero-order chi connectivity index (χ0) is 7.61. The predicted molar refractivity (Wildman–Crippen MR) is 33.7 cm³/mol. The fourth-order valence-electron chi connectivity index (χ4n) is 0.611. The van der Waals surface area contributed by atoms with Crippen LogP contribution in [0.2, 0.25) is 0 Å². The first-order valence-corrected chi connectivity index (χ1v) is 4.22. The van der Waals surface area contributed by atoms with Crippen molar-refractivity contribution in [1.82, 2.24) is 0 Å². The molecule has 0 radical (unpaired) electrons. The van der Waals surface area contributed by atoms with E-state index >= 15 is 0 Å². The van der Waals surface area contributed by atoms with Crippen molar-refractivity contribution in [1.29, 1.82) is 0 Å². The smallest absolute Gasteiger partial charge is 0.807 e. The normalized spacial score (nSPS) is 9.50. The average molecular weight is 372 g/mol. The number of rotatable bonds is 1. The van der Waals surface area contributed by atoms with Gasteiger partial charge in [-0.2, -0.15) is 0 Å². The third kappa shape index (κ3) is 4.77. The maximum absolute atomic E-state index is 10.3. The Labute approximate surface area is 102 Å². The van der Waals surface area contributed by atoms with E-state index in [1.54, 1.807) is 6.07 Å². The largest absolute Gasteiger partial charge is 1.00 e. The molecule has 3 nitrogen and oxygen atoms in total. The molecule has 1 aromatic carbocycles. The van der Waals surface area contributed by atoms with Crippen molar-refractivity contribution in [3.63, 3.8) is 0 Å². The zero-order valence-corrected chi connectivity index (χ0v) is 9.52. The van der Waals surface area contributed by atoms with Crippen LogP contribution >= 0.6 is 7.60 Å². The molecule has 0 heterocycles. The summed E-state index contributed by atoms with van der Waals surface area (Å²) in [7, 11) is -4.52. The first kappa shape index (κ1) is 15.3. The van der Waals surface area contributed by atoms with Crippen LogP contribution < -0.4 is 15.1 Å². The maximum atomic E-state index is 10.3. The molecule has 74 valence electrons. The van der Waals surface area contributed by atoms with Crippen LogP contribution in [0.25, 0.3) is 0 Å². The van der Waals surface area contributed by atoms with Crippen molar-refractivity contribution in [2.75, 3.05) is 0 Å². The van der Waals surface area contributed by atoms with Crippen LogP contribution in [0, 0.1) is 0 Å². The summed E-state index contributed by atoms with van der Waals surface area (Å²) in [5, 5.41) is -0.157. The van der Waals surface area contributed by atoms with Crippen LogP contribution in [0.5, 0.6) is 0 Å². The monoisotopic (exact) mass is 370 g/mol. The molecule has 1 aromatic rings. The molecule has 0 fully saturated rings. The van der Waals surface area contributed by atoms with Gasteiger partial charge >= 0.3 is 44.8 Å². The molecule has 0 spiro atoms. The molecule has 0 aromatic heterocycles. The average Bonchev–Trinajstić information content (AvgIpc) is 1.88. The van der Waals surface area contributed by atoms with Crippen LogP contribution in [0.4, 0.5) is 0 Å². The molecule has 0 bridgehead atoms. The molecule has 0 saturated heterocycles. The first-order valence-electron chi connectivity index (χ1n) is 2.68. The summed E-state index contributed by atoms with van der Waals surface area (Å²) in [6.07, 6.45) is 0. The summed E-state index contributed by atoms with van der Waals surface area (Å²) >= 11 is 0. The van der Waals surface area contributed by atoms with Gasteiger partial charge in [0.1, 0.15) is 0 Å². The number of benzene rings is 1. The Hall–Kier alpha value is 0.851. The second-order valence-electron chi connectivity index (χ2n) is 1.83. The van der Waals surface area contributed by atoms with Crippen molar-refractivity contribution < 1.29 is 59.1 Å². The minimum atomic E-state index is -4.52. The van der Waals surface area contributed by atoms with Gasteiger partial charge < -0.3 is 14.4 Å². The van der Waals surface area contributed by atoms with Crippen molar-refractivity contribution >= 4 is 12.9 Å². The molecule has 0 aliphatic heterocycles. The van der Waals surface area contributed by atoms with E-state index in [1.165, 1.54) is 24.3 Å². The van der Waals surface area contributed by atoms with E-state index in [0.29, 0.717) is 0 Å². The molecular weight excluding hydrogens is 367 g/mol. The Morgan fingerprint density at radius 1 is 1.00 bits per heavy atom. The number of hydrogen-bond acceptors (Lipinski definition) is 3. The minimum absolute atomic E-state index is 0. The summed E-state index contributed by atoms with van der Waals surface area (Å²) in [6, 6.07) is 7.23. The van der Waals surface area contributed by atoms with Gasteiger partial charge in [0.25, 0.3) is 0 Å². The quantitative estimate of drug-likeness (QED) is 0.480. The third-order valence-corrected chi connectivity index (χ3v) is 2.00. The van der Waals surface area contributed by atoms with Gasteiger partial charge in [-0.3, -0.25) is 0 Å². The molecule has 12 heavy (non-hydrogen) atoms. The van der Waals surface area contributed by atoms with Gasteiger partial charge in [-0.25, -0.2) is 0 Å². The molecular formula is C6H5Ag2O3P. The SMILES string of the molecule is O=P([O-])([O-])c1ccccc1.[Ag+].[Ag+]. The first-order chi connectivity index (χ1) is 4.61. The molecule has 6 heteroatoms. The fourth-order valence-corrected chi connectivity index (χ4v) is 1.15. The minimum Gasteiger partial charge on any atom is -0.807 e. The van der Waals surface area contributed by atoms with Gasteiger partial charge in [-0.1, -0.05) is 30.3 Å². The Bertz CT molecular complexity index is 259. The van der Waals surface area contributed by atoms with E-state index in [9.17, 15) is 14.4 Å². The third-order valence-electron chi connectivity index (χ3n) is 1.07. The maximum Gasteiger partial charge on any atom is 1.00 e. The fraction of sp³-hybridized carbons (Fsp3) is 0. The van der Waals surface area contributed by atoms with E-state index in [2.05, 4.69) is 0 Å². The number of hydrogen-bond donors (Lipinski definition) is 0. The summed E-state index contributed by atoms with van der Waals surface area (Å²) in [5.74, 6) is 0. The van der Waals surface area contributed by atoms with E-state index in [0.717, 1.165) is 0 Å². The van der Waals surface area contributed by atoms with Crippen LogP contribution in [-0.4, -0.2) is 0 Å². The van der Waals surface area contributed by atoms with Crippen molar-refractivity contribution in [3.05, 3.63) is 30.3 Å². The van der Waals surface area contributed by atoms with Gasteiger partial charge in [0.15, 0.2) is 0 Å². The molecule has 0 saturated carbocycles. The van der Waals surface area contributed by atoms with Crippen molar-refractivity contribution in [2.24, 2.45) is 0 Å². The Kier molecular flexibility index (Phi) is 8.08. The van der Waals surface area contributed by atoms with E-state index in [1.807, 2.05) is 0 Å². The van der Waals surface area contributed by atoms with Gasteiger partial charge in [0.05, 0.1) is 0 Å². The summed E-state index contributed by atoms with van der Waals surface area (Å²) < 4.78 is 10.3. The van der Waals surface area contributed by atoms with E-state index in [4.69, 9.17) is 0 Å². The van der Waals surface area contributed by atoms with Crippen LogP contribution in [-0.2, 0) is 49.3 Å². The molecule has 0 aliphatic rings. The summed E-state index contributed by atoms with van der Waals surface area (Å²) in [4.78, 5) is 20.6. The summed E-state index contributed by atoms with van der Waals surface area (Å²) in [6.45, 7) is 0. The zero-order valence-electron chi connectivity index (χ0n) is 5.66. The standard InChI is InChI=1S/C6H7O3P.2Ag/c7-10(8,9)6-4-2-1-3-5-6;;/h1-5H,(H2,7,8,9);;/q;2*+1/p-2. The van der Waals surface area contributed by atoms with Crippen LogP contribution in [0.3, 0.4) is 0 Å². The second kappa shape index (κ2) is 6.33. The summed E-state index contributed by atoms with van der Waals surface area (Å²) in [5.41, 5.74) is 0. The molecule has 0 unspecified atom stereocenters. The molecule has 0 aliphatic carbocycles. The Balaban J connectivity index is 0. The second-order valence-corrected chi connectivity index (χ2v) is 3.34. The van der Waals surface area contributed by atoms with E-state index < -0.39 is 7.60 Å². The topological polar surface area (TPSA) is 63.2 Å². The van der Waals surface area contributed by atoms with E-state index in [-0.39, 0.29) is 50.1 Å². The molecule has 0 N–H and O–H groups in total. The van der Waals surface area contributed by atoms with Crippen LogP contribution in [0.1, 0.15) is 0 Å². The van der Waals surface area contributed by atoms with Gasteiger partial charge in [0.2, 0.25) is 0 Å². The van der Waals surface area contributed by atoms with Crippen molar-refractivity contribution in [2.45, 2.75) is 0 Å². The molecule has 1 rings (SSSR count). The van der Waals surface area contributed by atoms with Crippen molar-refractivity contribution in [3.8, 4) is 0 Å². The van der Waals surface area contributed by atoms with Gasteiger partial charge in [0, 0.05) is 0 Å². The molecule has 0 amide bonds. The Morgan fingerprint density at radius 3 is 1.67 bits per heavy atom. The van der Waals surface area contributed by atoms with Gasteiger partial charge in [-0.05, 0) is 12.9 Å².